The smallest absolute Gasteiger partial charge is 0.261 e. The maximum Gasteiger partial charge on any atom is 0.261 e. The van der Waals surface area contributed by atoms with Gasteiger partial charge in [0.25, 0.3) is 5.91 Å². The fraction of sp³-hybridized carbons (Fsp3) is 0.211. The topological polar surface area (TPSA) is 89.7 Å². The third-order valence-electron chi connectivity index (χ3n) is 4.25. The Morgan fingerprint density at radius 3 is 2.58 bits per heavy atom. The number of benzene rings is 2. The van der Waals surface area contributed by atoms with Crippen LogP contribution in [0.5, 0.6) is 5.75 Å². The minimum atomic E-state index is -1.00. The summed E-state index contributed by atoms with van der Waals surface area (Å²) in [5.41, 5.74) is 6.87. The molecule has 1 aliphatic heterocycles. The Kier molecular flexibility index (Phi) is 4.71. The summed E-state index contributed by atoms with van der Waals surface area (Å²) in [5, 5.41) is 0. The molecule has 26 heavy (non-hydrogen) atoms. The average Bonchev–Trinajstić information content (AvgIpc) is 2.60. The number of rotatable bonds is 5. The first-order chi connectivity index (χ1) is 12.4. The molecule has 1 heterocycles. The highest BCUT2D eigenvalue weighted by Crippen LogP contribution is 2.26. The molecule has 0 fully saturated rings. The van der Waals surface area contributed by atoms with Crippen LogP contribution in [0, 0.1) is 5.82 Å². The van der Waals surface area contributed by atoms with Crippen molar-refractivity contribution in [1.82, 2.24) is 4.90 Å². The molecule has 0 spiro atoms. The van der Waals surface area contributed by atoms with Gasteiger partial charge >= 0.3 is 0 Å². The maximum absolute atomic E-state index is 12.9. The van der Waals surface area contributed by atoms with Gasteiger partial charge in [0.1, 0.15) is 24.2 Å². The molecule has 1 aliphatic rings. The van der Waals surface area contributed by atoms with Crippen LogP contribution < -0.4 is 10.5 Å². The monoisotopic (exact) mass is 356 g/mol. The number of fused-ring (bicyclic) bond motifs is 1. The zero-order valence-corrected chi connectivity index (χ0v) is 14.1. The molecule has 2 N–H and O–H groups in total. The molecule has 0 saturated heterocycles. The van der Waals surface area contributed by atoms with Gasteiger partial charge in [-0.25, -0.2) is 4.39 Å². The first kappa shape index (κ1) is 17.6. The lowest BCUT2D eigenvalue weighted by molar-refractivity contribution is -0.135. The number of nitrogens with zero attached hydrogens (tertiary/aromatic N) is 1. The number of primary amides is 1. The van der Waals surface area contributed by atoms with Crippen LogP contribution in [0.15, 0.2) is 42.5 Å². The highest BCUT2D eigenvalue weighted by Gasteiger charge is 2.36. The summed E-state index contributed by atoms with van der Waals surface area (Å²) < 4.78 is 18.6. The molecule has 2 aromatic rings. The number of amides is 3. The number of ether oxygens (including phenoxy) is 1. The van der Waals surface area contributed by atoms with E-state index in [4.69, 9.17) is 10.5 Å². The number of carbonyl (C=O) groups is 3. The maximum atomic E-state index is 12.9. The number of hydrogen-bond acceptors (Lipinski definition) is 4. The Labute approximate surface area is 149 Å². The molecular formula is C19H17FN2O4. The summed E-state index contributed by atoms with van der Waals surface area (Å²) in [6.07, 6.45) is -0.0214. The molecule has 0 aromatic heterocycles. The summed E-state index contributed by atoms with van der Waals surface area (Å²) in [4.78, 5) is 37.0. The van der Waals surface area contributed by atoms with Crippen molar-refractivity contribution in [2.24, 2.45) is 5.73 Å². The largest absolute Gasteiger partial charge is 0.489 e. The fourth-order valence-electron chi connectivity index (χ4n) is 2.77. The number of halogens is 1. The van der Waals surface area contributed by atoms with Crippen LogP contribution >= 0.6 is 0 Å². The lowest BCUT2D eigenvalue weighted by atomic mass is 9.97. The summed E-state index contributed by atoms with van der Waals surface area (Å²) in [6, 6.07) is 9.72. The summed E-state index contributed by atoms with van der Waals surface area (Å²) in [6.45, 7) is 1.65. The molecule has 0 radical (unpaired) electrons. The van der Waals surface area contributed by atoms with E-state index < -0.39 is 23.8 Å². The van der Waals surface area contributed by atoms with Crippen molar-refractivity contribution in [2.45, 2.75) is 26.0 Å². The standard InChI is InChI=1S/C19H17FN2O4/c1-11(18(21)24)22-17(23)9-13-8-15(6-7-16(13)19(22)25)26-10-12-2-4-14(20)5-3-12/h2-8,11H,9-10H2,1H3,(H2,21,24). The summed E-state index contributed by atoms with van der Waals surface area (Å²) in [7, 11) is 0. The van der Waals surface area contributed by atoms with Gasteiger partial charge in [-0.15, -0.1) is 0 Å². The Hall–Kier alpha value is -3.22. The predicted octanol–water partition coefficient (Wildman–Crippen LogP) is 1.80. The molecule has 2 aromatic carbocycles. The van der Waals surface area contributed by atoms with Gasteiger partial charge in [0.05, 0.1) is 6.42 Å². The van der Waals surface area contributed by atoms with Crippen molar-refractivity contribution >= 4 is 17.7 Å². The summed E-state index contributed by atoms with van der Waals surface area (Å²) >= 11 is 0. The molecule has 1 atom stereocenters. The molecule has 0 bridgehead atoms. The Balaban J connectivity index is 1.78. The van der Waals surface area contributed by atoms with Crippen LogP contribution in [0.2, 0.25) is 0 Å². The van der Waals surface area contributed by atoms with E-state index in [1.807, 2.05) is 0 Å². The molecular weight excluding hydrogens is 339 g/mol. The first-order valence-corrected chi connectivity index (χ1v) is 8.02. The Bertz CT molecular complexity index is 880. The highest BCUT2D eigenvalue weighted by atomic mass is 19.1. The van der Waals surface area contributed by atoms with Gasteiger partial charge < -0.3 is 10.5 Å². The van der Waals surface area contributed by atoms with E-state index in [-0.39, 0.29) is 18.8 Å². The van der Waals surface area contributed by atoms with Crippen molar-refractivity contribution in [3.05, 3.63) is 65.0 Å². The zero-order chi connectivity index (χ0) is 18.8. The molecule has 3 amide bonds. The van der Waals surface area contributed by atoms with Gasteiger partial charge in [0.2, 0.25) is 11.8 Å². The van der Waals surface area contributed by atoms with Crippen LogP contribution in [0.25, 0.3) is 0 Å². The number of nitrogens with two attached hydrogens (primary N) is 1. The zero-order valence-electron chi connectivity index (χ0n) is 14.1. The van der Waals surface area contributed by atoms with E-state index in [1.54, 1.807) is 30.3 Å². The van der Waals surface area contributed by atoms with Gasteiger partial charge in [-0.1, -0.05) is 12.1 Å². The second-order valence-electron chi connectivity index (χ2n) is 6.06. The highest BCUT2D eigenvalue weighted by molar-refractivity contribution is 6.12. The van der Waals surface area contributed by atoms with E-state index in [0.29, 0.717) is 16.9 Å². The molecule has 0 aliphatic carbocycles. The van der Waals surface area contributed by atoms with Gasteiger partial charge in [-0.3, -0.25) is 19.3 Å². The Morgan fingerprint density at radius 2 is 1.92 bits per heavy atom. The van der Waals surface area contributed by atoms with Crippen LogP contribution in [0.1, 0.15) is 28.4 Å². The number of hydrogen-bond donors (Lipinski definition) is 1. The lowest BCUT2D eigenvalue weighted by Gasteiger charge is -2.30. The molecule has 0 saturated carbocycles. The van der Waals surface area contributed by atoms with Crippen LogP contribution in [0.3, 0.4) is 0 Å². The van der Waals surface area contributed by atoms with Crippen molar-refractivity contribution in [3.8, 4) is 5.75 Å². The SMILES string of the molecule is CC(C(N)=O)N1C(=O)Cc2cc(OCc3ccc(F)cc3)ccc2C1=O. The molecule has 7 heteroatoms. The van der Waals surface area contributed by atoms with Crippen molar-refractivity contribution in [2.75, 3.05) is 0 Å². The van der Waals surface area contributed by atoms with E-state index in [2.05, 4.69) is 0 Å². The Morgan fingerprint density at radius 1 is 1.23 bits per heavy atom. The second-order valence-corrected chi connectivity index (χ2v) is 6.06. The van der Waals surface area contributed by atoms with Crippen molar-refractivity contribution in [3.63, 3.8) is 0 Å². The van der Waals surface area contributed by atoms with Crippen LogP contribution in [0.4, 0.5) is 4.39 Å². The quantitative estimate of drug-likeness (QED) is 0.828. The predicted molar refractivity (Wildman–Crippen MR) is 90.7 cm³/mol. The van der Waals surface area contributed by atoms with E-state index >= 15 is 0 Å². The van der Waals surface area contributed by atoms with E-state index in [9.17, 15) is 18.8 Å². The van der Waals surface area contributed by atoms with Crippen molar-refractivity contribution in [1.29, 1.82) is 0 Å². The molecule has 1 unspecified atom stereocenters. The normalized spacial score (nSPS) is 14.8. The molecule has 134 valence electrons. The fourth-order valence-corrected chi connectivity index (χ4v) is 2.77. The third kappa shape index (κ3) is 3.42. The van der Waals surface area contributed by atoms with Gasteiger partial charge in [-0.2, -0.15) is 0 Å². The molecule has 6 nitrogen and oxygen atoms in total. The second kappa shape index (κ2) is 6.95. The van der Waals surface area contributed by atoms with Gasteiger partial charge in [-0.05, 0) is 48.4 Å². The van der Waals surface area contributed by atoms with Crippen molar-refractivity contribution < 1.29 is 23.5 Å². The number of imide groups is 1. The third-order valence-corrected chi connectivity index (χ3v) is 4.25. The van der Waals surface area contributed by atoms with E-state index in [0.717, 1.165) is 10.5 Å². The number of carbonyl (C=O) groups excluding carboxylic acids is 3. The van der Waals surface area contributed by atoms with Gasteiger partial charge in [0.15, 0.2) is 0 Å². The average molecular weight is 356 g/mol. The lowest BCUT2D eigenvalue weighted by Crippen LogP contribution is -2.52. The van der Waals surface area contributed by atoms with E-state index in [1.165, 1.54) is 19.1 Å². The molecule has 3 rings (SSSR count). The van der Waals surface area contributed by atoms with Crippen LogP contribution in [-0.4, -0.2) is 28.7 Å². The minimum absolute atomic E-state index is 0.0214. The van der Waals surface area contributed by atoms with Crippen LogP contribution in [-0.2, 0) is 22.6 Å². The van der Waals surface area contributed by atoms with Gasteiger partial charge in [0, 0.05) is 5.56 Å². The summed E-state index contributed by atoms with van der Waals surface area (Å²) in [5.74, 6) is -1.61. The first-order valence-electron chi connectivity index (χ1n) is 8.02. The minimum Gasteiger partial charge on any atom is -0.489 e.